The summed E-state index contributed by atoms with van der Waals surface area (Å²) in [5.41, 5.74) is 2.02. The molecule has 2 rings (SSSR count). The lowest BCUT2D eigenvalue weighted by atomic mass is 10.1. The van der Waals surface area contributed by atoms with E-state index in [2.05, 4.69) is 10.6 Å². The lowest BCUT2D eigenvalue weighted by Crippen LogP contribution is -2.36. The summed E-state index contributed by atoms with van der Waals surface area (Å²) in [4.78, 5) is 33.9. The largest absolute Gasteiger partial charge is 0.350 e. The Morgan fingerprint density at radius 2 is 1.83 bits per heavy atom. The fourth-order valence-electron chi connectivity index (χ4n) is 2.09. The number of benzene rings is 2. The molecule has 0 bridgehead atoms. The highest BCUT2D eigenvalue weighted by Gasteiger charge is 2.12. The van der Waals surface area contributed by atoms with Crippen molar-refractivity contribution in [1.82, 2.24) is 10.6 Å². The van der Waals surface area contributed by atoms with Crippen molar-refractivity contribution in [1.29, 1.82) is 0 Å². The molecule has 2 amide bonds. The standard InChI is InChI=1S/C17H17N3O4/c1-12-5-2-3-6-14(12)10-18-16(21)11-19-17(22)13-7-4-8-15(9-13)20(23)24/h2-9H,10-11H2,1H3,(H,18,21)(H,19,22). The number of hydrogen-bond acceptors (Lipinski definition) is 4. The highest BCUT2D eigenvalue weighted by molar-refractivity contribution is 5.96. The Morgan fingerprint density at radius 1 is 1.08 bits per heavy atom. The number of nitro benzene ring substituents is 1. The van der Waals surface area contributed by atoms with E-state index in [-0.39, 0.29) is 23.7 Å². The minimum absolute atomic E-state index is 0.135. The SMILES string of the molecule is Cc1ccccc1CNC(=O)CNC(=O)c1cccc([N+](=O)[O-])c1. The summed E-state index contributed by atoms with van der Waals surface area (Å²) in [6, 6.07) is 13.0. The molecule has 0 fully saturated rings. The Kier molecular flexibility index (Phi) is 5.62. The third kappa shape index (κ3) is 4.64. The molecular weight excluding hydrogens is 310 g/mol. The van der Waals surface area contributed by atoms with E-state index < -0.39 is 10.8 Å². The van der Waals surface area contributed by atoms with Crippen LogP contribution in [0.3, 0.4) is 0 Å². The van der Waals surface area contributed by atoms with Gasteiger partial charge in [-0.1, -0.05) is 30.3 Å². The zero-order chi connectivity index (χ0) is 17.5. The second kappa shape index (κ2) is 7.87. The van der Waals surface area contributed by atoms with Gasteiger partial charge < -0.3 is 10.6 Å². The minimum atomic E-state index is -0.578. The summed E-state index contributed by atoms with van der Waals surface area (Å²) in [5.74, 6) is -0.873. The van der Waals surface area contributed by atoms with Crippen LogP contribution in [0.1, 0.15) is 21.5 Å². The molecule has 0 aromatic heterocycles. The first-order chi connectivity index (χ1) is 11.5. The van der Waals surface area contributed by atoms with E-state index in [4.69, 9.17) is 0 Å². The summed E-state index contributed by atoms with van der Waals surface area (Å²) in [6.07, 6.45) is 0. The zero-order valence-electron chi connectivity index (χ0n) is 13.1. The Hall–Kier alpha value is -3.22. The Bertz CT molecular complexity index is 774. The van der Waals surface area contributed by atoms with Gasteiger partial charge in [0, 0.05) is 24.2 Å². The van der Waals surface area contributed by atoms with E-state index in [1.807, 2.05) is 31.2 Å². The van der Waals surface area contributed by atoms with Crippen molar-refractivity contribution in [3.8, 4) is 0 Å². The maximum atomic E-state index is 11.9. The molecule has 124 valence electrons. The second-order valence-corrected chi connectivity index (χ2v) is 5.19. The number of carbonyl (C=O) groups is 2. The van der Waals surface area contributed by atoms with Gasteiger partial charge in [-0.2, -0.15) is 0 Å². The van der Waals surface area contributed by atoms with Crippen molar-refractivity contribution in [2.75, 3.05) is 6.54 Å². The van der Waals surface area contributed by atoms with Crippen LogP contribution in [-0.2, 0) is 11.3 Å². The van der Waals surface area contributed by atoms with E-state index in [1.165, 1.54) is 24.3 Å². The van der Waals surface area contributed by atoms with Gasteiger partial charge >= 0.3 is 0 Å². The summed E-state index contributed by atoms with van der Waals surface area (Å²) < 4.78 is 0. The number of carbonyl (C=O) groups excluding carboxylic acids is 2. The van der Waals surface area contributed by atoms with Crippen molar-refractivity contribution >= 4 is 17.5 Å². The quantitative estimate of drug-likeness (QED) is 0.625. The van der Waals surface area contributed by atoms with E-state index in [0.717, 1.165) is 11.1 Å². The number of amides is 2. The van der Waals surface area contributed by atoms with Gasteiger partial charge in [0.25, 0.3) is 11.6 Å². The molecule has 2 aromatic rings. The Labute approximate surface area is 138 Å². The maximum Gasteiger partial charge on any atom is 0.270 e. The number of nitrogens with zero attached hydrogens (tertiary/aromatic N) is 1. The molecule has 2 aromatic carbocycles. The number of rotatable bonds is 6. The van der Waals surface area contributed by atoms with Crippen LogP contribution in [0.15, 0.2) is 48.5 Å². The van der Waals surface area contributed by atoms with Crippen molar-refractivity contribution in [2.24, 2.45) is 0 Å². The van der Waals surface area contributed by atoms with Crippen LogP contribution in [0, 0.1) is 17.0 Å². The molecule has 0 unspecified atom stereocenters. The molecule has 0 heterocycles. The van der Waals surface area contributed by atoms with Gasteiger partial charge in [0.1, 0.15) is 0 Å². The van der Waals surface area contributed by atoms with Crippen molar-refractivity contribution in [3.05, 3.63) is 75.3 Å². The summed E-state index contributed by atoms with van der Waals surface area (Å²) in [5, 5.41) is 15.9. The number of hydrogen-bond donors (Lipinski definition) is 2. The molecular formula is C17H17N3O4. The number of nitro groups is 1. The summed E-state index contributed by atoms with van der Waals surface area (Å²) in [6.45, 7) is 2.12. The van der Waals surface area contributed by atoms with Gasteiger partial charge in [-0.15, -0.1) is 0 Å². The Balaban J connectivity index is 1.85. The lowest BCUT2D eigenvalue weighted by Gasteiger charge is -2.09. The predicted octanol–water partition coefficient (Wildman–Crippen LogP) is 1.95. The molecule has 7 heteroatoms. The van der Waals surface area contributed by atoms with E-state index in [1.54, 1.807) is 0 Å². The average Bonchev–Trinajstić information content (AvgIpc) is 2.59. The predicted molar refractivity (Wildman–Crippen MR) is 88.5 cm³/mol. The first-order valence-corrected chi connectivity index (χ1v) is 7.31. The molecule has 0 aliphatic rings. The van der Waals surface area contributed by atoms with Gasteiger partial charge in [0.05, 0.1) is 11.5 Å². The maximum absolute atomic E-state index is 11.9. The van der Waals surface area contributed by atoms with Crippen LogP contribution >= 0.6 is 0 Å². The molecule has 7 nitrogen and oxygen atoms in total. The van der Waals surface area contributed by atoms with E-state index in [0.29, 0.717) is 6.54 Å². The molecule has 0 saturated heterocycles. The Morgan fingerprint density at radius 3 is 2.54 bits per heavy atom. The van der Waals surface area contributed by atoms with Crippen molar-refractivity contribution in [2.45, 2.75) is 13.5 Å². The minimum Gasteiger partial charge on any atom is -0.350 e. The molecule has 0 aliphatic heterocycles. The number of non-ortho nitro benzene ring substituents is 1. The third-order valence-corrected chi connectivity index (χ3v) is 3.47. The van der Waals surface area contributed by atoms with Gasteiger partial charge in [-0.3, -0.25) is 19.7 Å². The van der Waals surface area contributed by atoms with Crippen LogP contribution in [0.2, 0.25) is 0 Å². The summed E-state index contributed by atoms with van der Waals surface area (Å²) >= 11 is 0. The monoisotopic (exact) mass is 327 g/mol. The molecule has 0 radical (unpaired) electrons. The van der Waals surface area contributed by atoms with E-state index in [9.17, 15) is 19.7 Å². The van der Waals surface area contributed by atoms with Gasteiger partial charge in [-0.05, 0) is 24.1 Å². The summed E-state index contributed by atoms with van der Waals surface area (Å²) in [7, 11) is 0. The number of aryl methyl sites for hydroxylation is 1. The van der Waals surface area contributed by atoms with Crippen LogP contribution in [0.5, 0.6) is 0 Å². The first-order valence-electron chi connectivity index (χ1n) is 7.31. The van der Waals surface area contributed by atoms with Crippen LogP contribution in [0.25, 0.3) is 0 Å². The van der Waals surface area contributed by atoms with Crippen LogP contribution < -0.4 is 10.6 Å². The molecule has 0 spiro atoms. The van der Waals surface area contributed by atoms with Crippen LogP contribution in [-0.4, -0.2) is 23.3 Å². The smallest absolute Gasteiger partial charge is 0.270 e. The molecule has 0 atom stereocenters. The molecule has 0 saturated carbocycles. The molecule has 24 heavy (non-hydrogen) atoms. The van der Waals surface area contributed by atoms with Gasteiger partial charge in [-0.25, -0.2) is 0 Å². The van der Waals surface area contributed by atoms with Crippen molar-refractivity contribution in [3.63, 3.8) is 0 Å². The van der Waals surface area contributed by atoms with Gasteiger partial charge in [0.2, 0.25) is 5.91 Å². The topological polar surface area (TPSA) is 101 Å². The van der Waals surface area contributed by atoms with Crippen molar-refractivity contribution < 1.29 is 14.5 Å². The second-order valence-electron chi connectivity index (χ2n) is 5.19. The highest BCUT2D eigenvalue weighted by atomic mass is 16.6. The first kappa shape index (κ1) is 17.1. The fraction of sp³-hybridized carbons (Fsp3) is 0.176. The van der Waals surface area contributed by atoms with Crippen LogP contribution in [0.4, 0.5) is 5.69 Å². The zero-order valence-corrected chi connectivity index (χ0v) is 13.1. The number of nitrogens with one attached hydrogen (secondary N) is 2. The molecule has 0 aliphatic carbocycles. The highest BCUT2D eigenvalue weighted by Crippen LogP contribution is 2.12. The third-order valence-electron chi connectivity index (χ3n) is 3.47. The fourth-order valence-corrected chi connectivity index (χ4v) is 2.09. The average molecular weight is 327 g/mol. The molecule has 2 N–H and O–H groups in total. The normalized spacial score (nSPS) is 10.0. The lowest BCUT2D eigenvalue weighted by molar-refractivity contribution is -0.384. The van der Waals surface area contributed by atoms with E-state index >= 15 is 0 Å². The van der Waals surface area contributed by atoms with Gasteiger partial charge in [0.15, 0.2) is 0 Å².